The van der Waals surface area contributed by atoms with Gasteiger partial charge in [0.2, 0.25) is 5.91 Å². The molecular weight excluding hydrogens is 336 g/mol. The van der Waals surface area contributed by atoms with Gasteiger partial charge >= 0.3 is 0 Å². The maximum Gasteiger partial charge on any atom is 0.225 e. The summed E-state index contributed by atoms with van der Waals surface area (Å²) in [6.07, 6.45) is 4.80. The molecule has 2 rings (SSSR count). The van der Waals surface area contributed by atoms with E-state index >= 15 is 0 Å². The van der Waals surface area contributed by atoms with Gasteiger partial charge in [-0.05, 0) is 44.6 Å². The number of guanidine groups is 1. The molecule has 1 amide bonds. The van der Waals surface area contributed by atoms with Crippen LogP contribution < -0.4 is 10.6 Å². The molecular formula is C22H36N4O. The molecule has 0 atom stereocenters. The van der Waals surface area contributed by atoms with Gasteiger partial charge in [-0.15, -0.1) is 0 Å². The van der Waals surface area contributed by atoms with Gasteiger partial charge < -0.3 is 15.5 Å². The monoisotopic (exact) mass is 372 g/mol. The lowest BCUT2D eigenvalue weighted by atomic mass is 9.98. The molecule has 1 aliphatic rings. The highest BCUT2D eigenvalue weighted by atomic mass is 16.2. The van der Waals surface area contributed by atoms with Crippen molar-refractivity contribution in [2.75, 3.05) is 26.7 Å². The molecule has 1 heterocycles. The fourth-order valence-corrected chi connectivity index (χ4v) is 3.61. The van der Waals surface area contributed by atoms with E-state index in [0.717, 1.165) is 57.7 Å². The molecule has 0 saturated carbocycles. The highest BCUT2D eigenvalue weighted by molar-refractivity contribution is 5.80. The Balaban J connectivity index is 1.72. The summed E-state index contributed by atoms with van der Waals surface area (Å²) >= 11 is 0. The van der Waals surface area contributed by atoms with Crippen molar-refractivity contribution in [1.82, 2.24) is 15.5 Å². The van der Waals surface area contributed by atoms with Crippen molar-refractivity contribution in [2.24, 2.45) is 10.9 Å². The number of aliphatic imine (C=N–C) groups is 1. The summed E-state index contributed by atoms with van der Waals surface area (Å²) in [6.45, 7) is 8.85. The van der Waals surface area contributed by atoms with Gasteiger partial charge in [-0.3, -0.25) is 9.79 Å². The average molecular weight is 373 g/mol. The van der Waals surface area contributed by atoms with Crippen LogP contribution in [0, 0.1) is 12.8 Å². The van der Waals surface area contributed by atoms with Crippen molar-refractivity contribution in [3.63, 3.8) is 0 Å². The maximum absolute atomic E-state index is 12.5. The third-order valence-electron chi connectivity index (χ3n) is 5.53. The van der Waals surface area contributed by atoms with E-state index in [1.54, 1.807) is 0 Å². The predicted octanol–water partition coefficient (Wildman–Crippen LogP) is 3.13. The van der Waals surface area contributed by atoms with Crippen molar-refractivity contribution in [3.8, 4) is 0 Å². The number of hydrogen-bond acceptors (Lipinski definition) is 2. The SMILES string of the molecule is CCC(CC)C(=O)N1CCC(NC(=NC)NCCc2ccc(C)cc2)CC1. The van der Waals surface area contributed by atoms with Crippen LogP contribution >= 0.6 is 0 Å². The van der Waals surface area contributed by atoms with Crippen molar-refractivity contribution < 1.29 is 4.79 Å². The van der Waals surface area contributed by atoms with Gasteiger partial charge in [0, 0.05) is 38.6 Å². The summed E-state index contributed by atoms with van der Waals surface area (Å²) in [6, 6.07) is 9.04. The summed E-state index contributed by atoms with van der Waals surface area (Å²) in [5, 5.41) is 6.93. The fourth-order valence-electron chi connectivity index (χ4n) is 3.61. The van der Waals surface area contributed by atoms with Crippen LogP contribution in [0.4, 0.5) is 0 Å². The lowest BCUT2D eigenvalue weighted by molar-refractivity contribution is -0.136. The molecule has 0 radical (unpaired) electrons. The minimum Gasteiger partial charge on any atom is -0.356 e. The minimum atomic E-state index is 0.186. The number of hydrogen-bond donors (Lipinski definition) is 2. The molecule has 0 aromatic heterocycles. The Bertz CT molecular complexity index is 599. The molecule has 1 aromatic carbocycles. The fraction of sp³-hybridized carbons (Fsp3) is 0.636. The van der Waals surface area contributed by atoms with E-state index < -0.39 is 0 Å². The summed E-state index contributed by atoms with van der Waals surface area (Å²) in [4.78, 5) is 18.9. The van der Waals surface area contributed by atoms with Crippen molar-refractivity contribution >= 4 is 11.9 Å². The zero-order valence-electron chi connectivity index (χ0n) is 17.4. The number of likely N-dealkylation sites (tertiary alicyclic amines) is 1. The number of rotatable bonds is 7. The molecule has 0 spiro atoms. The van der Waals surface area contributed by atoms with Crippen LogP contribution in [0.5, 0.6) is 0 Å². The first-order valence-corrected chi connectivity index (χ1v) is 10.4. The molecule has 1 saturated heterocycles. The smallest absolute Gasteiger partial charge is 0.225 e. The average Bonchev–Trinajstić information content (AvgIpc) is 2.70. The number of carbonyl (C=O) groups is 1. The first kappa shape index (κ1) is 21.3. The number of amides is 1. The van der Waals surface area contributed by atoms with E-state index in [1.807, 2.05) is 11.9 Å². The largest absolute Gasteiger partial charge is 0.356 e. The van der Waals surface area contributed by atoms with Gasteiger partial charge in [-0.25, -0.2) is 0 Å². The van der Waals surface area contributed by atoms with Crippen LogP contribution in [0.2, 0.25) is 0 Å². The topological polar surface area (TPSA) is 56.7 Å². The Hall–Kier alpha value is -2.04. The lowest BCUT2D eigenvalue weighted by Gasteiger charge is -2.34. The Kier molecular flexibility index (Phi) is 8.62. The summed E-state index contributed by atoms with van der Waals surface area (Å²) < 4.78 is 0. The molecule has 2 N–H and O–H groups in total. The quantitative estimate of drug-likeness (QED) is 0.571. The van der Waals surface area contributed by atoms with E-state index in [0.29, 0.717) is 11.9 Å². The minimum absolute atomic E-state index is 0.186. The van der Waals surface area contributed by atoms with Crippen LogP contribution in [0.1, 0.15) is 50.7 Å². The zero-order chi connectivity index (χ0) is 19.6. The number of carbonyl (C=O) groups excluding carboxylic acids is 1. The Labute approximate surface area is 164 Å². The molecule has 5 heteroatoms. The predicted molar refractivity (Wildman–Crippen MR) is 113 cm³/mol. The van der Waals surface area contributed by atoms with E-state index in [4.69, 9.17) is 0 Å². The van der Waals surface area contributed by atoms with Crippen LogP contribution in [0.3, 0.4) is 0 Å². The summed E-state index contributed by atoms with van der Waals surface area (Å²) in [5.41, 5.74) is 2.62. The second kappa shape index (κ2) is 11.0. The first-order valence-electron chi connectivity index (χ1n) is 10.4. The molecule has 1 fully saturated rings. The van der Waals surface area contributed by atoms with Crippen molar-refractivity contribution in [1.29, 1.82) is 0 Å². The van der Waals surface area contributed by atoms with E-state index in [9.17, 15) is 4.79 Å². The van der Waals surface area contributed by atoms with Crippen LogP contribution in [0.15, 0.2) is 29.3 Å². The standard InChI is InChI=1S/C22H36N4O/c1-5-19(6-2)21(27)26-15-12-20(13-16-26)25-22(23-4)24-14-11-18-9-7-17(3)8-10-18/h7-10,19-20H,5-6,11-16H2,1-4H3,(H2,23,24,25). The van der Waals surface area contributed by atoms with Gasteiger partial charge in [-0.1, -0.05) is 43.7 Å². The van der Waals surface area contributed by atoms with Crippen LogP contribution in [-0.4, -0.2) is 49.5 Å². The molecule has 27 heavy (non-hydrogen) atoms. The van der Waals surface area contributed by atoms with Crippen LogP contribution in [-0.2, 0) is 11.2 Å². The highest BCUT2D eigenvalue weighted by Crippen LogP contribution is 2.17. The van der Waals surface area contributed by atoms with Crippen molar-refractivity contribution in [3.05, 3.63) is 35.4 Å². The molecule has 1 aliphatic heterocycles. The third kappa shape index (κ3) is 6.56. The molecule has 0 aliphatic carbocycles. The number of aryl methyl sites for hydroxylation is 1. The summed E-state index contributed by atoms with van der Waals surface area (Å²) in [7, 11) is 1.81. The van der Waals surface area contributed by atoms with E-state index in [-0.39, 0.29) is 5.92 Å². The van der Waals surface area contributed by atoms with Gasteiger partial charge in [0.25, 0.3) is 0 Å². The second-order valence-corrected chi connectivity index (χ2v) is 7.49. The third-order valence-corrected chi connectivity index (χ3v) is 5.53. The zero-order valence-corrected chi connectivity index (χ0v) is 17.4. The van der Waals surface area contributed by atoms with Gasteiger partial charge in [-0.2, -0.15) is 0 Å². The van der Waals surface area contributed by atoms with Gasteiger partial charge in [0.05, 0.1) is 0 Å². The van der Waals surface area contributed by atoms with Gasteiger partial charge in [0.15, 0.2) is 5.96 Å². The number of nitrogens with zero attached hydrogens (tertiary/aromatic N) is 2. The molecule has 5 nitrogen and oxygen atoms in total. The van der Waals surface area contributed by atoms with Crippen molar-refractivity contribution in [2.45, 2.75) is 58.9 Å². The van der Waals surface area contributed by atoms with Crippen LogP contribution in [0.25, 0.3) is 0 Å². The normalized spacial score (nSPS) is 15.9. The Morgan fingerprint density at radius 1 is 1.19 bits per heavy atom. The molecule has 150 valence electrons. The first-order chi connectivity index (χ1) is 13.1. The van der Waals surface area contributed by atoms with Gasteiger partial charge in [0.1, 0.15) is 0 Å². The second-order valence-electron chi connectivity index (χ2n) is 7.49. The highest BCUT2D eigenvalue weighted by Gasteiger charge is 2.26. The number of benzene rings is 1. The number of piperidine rings is 1. The summed E-state index contributed by atoms with van der Waals surface area (Å²) in [5.74, 6) is 1.37. The van der Waals surface area contributed by atoms with E-state index in [2.05, 4.69) is 60.7 Å². The molecule has 0 bridgehead atoms. The Morgan fingerprint density at radius 2 is 1.81 bits per heavy atom. The molecule has 1 aromatic rings. The molecule has 0 unspecified atom stereocenters. The lowest BCUT2D eigenvalue weighted by Crippen LogP contribution is -2.50. The maximum atomic E-state index is 12.5. The number of nitrogens with one attached hydrogen (secondary N) is 2. The Morgan fingerprint density at radius 3 is 2.37 bits per heavy atom. The van der Waals surface area contributed by atoms with E-state index in [1.165, 1.54) is 11.1 Å².